The van der Waals surface area contributed by atoms with Gasteiger partial charge in [0.15, 0.2) is 5.82 Å². The van der Waals surface area contributed by atoms with Gasteiger partial charge in [0.1, 0.15) is 28.8 Å². The Bertz CT molecular complexity index is 1230. The average molecular weight is 401 g/mol. The Morgan fingerprint density at radius 2 is 2.10 bits per heavy atom. The van der Waals surface area contributed by atoms with E-state index in [0.717, 1.165) is 52.9 Å². The van der Waals surface area contributed by atoms with Gasteiger partial charge in [-0.15, -0.1) is 0 Å². The largest absolute Gasteiger partial charge is 0.383 e. The highest BCUT2D eigenvalue weighted by molar-refractivity contribution is 5.91. The molecule has 3 aliphatic heterocycles. The van der Waals surface area contributed by atoms with Gasteiger partial charge in [0.2, 0.25) is 0 Å². The Morgan fingerprint density at radius 1 is 1.27 bits per heavy atom. The van der Waals surface area contributed by atoms with Crippen LogP contribution in [0.3, 0.4) is 0 Å². The van der Waals surface area contributed by atoms with E-state index >= 15 is 0 Å². The second-order valence-electron chi connectivity index (χ2n) is 9.06. The number of nitriles is 1. The van der Waals surface area contributed by atoms with Gasteiger partial charge in [-0.25, -0.2) is 15.0 Å². The lowest BCUT2D eigenvalue weighted by molar-refractivity contribution is -0.0529. The third-order valence-electron chi connectivity index (χ3n) is 6.75. The van der Waals surface area contributed by atoms with E-state index in [0.29, 0.717) is 18.2 Å². The molecule has 2 bridgehead atoms. The van der Waals surface area contributed by atoms with Gasteiger partial charge in [0, 0.05) is 30.9 Å². The van der Waals surface area contributed by atoms with Crippen molar-refractivity contribution in [2.24, 2.45) is 5.92 Å². The first-order chi connectivity index (χ1) is 14.4. The number of imidazole rings is 1. The van der Waals surface area contributed by atoms with Crippen LogP contribution in [-0.2, 0) is 16.9 Å². The molecule has 1 aliphatic carbocycles. The zero-order valence-electron chi connectivity index (χ0n) is 17.1. The van der Waals surface area contributed by atoms with Crippen LogP contribution in [0, 0.1) is 17.2 Å². The molecule has 3 aromatic rings. The molecule has 30 heavy (non-hydrogen) atoms. The van der Waals surface area contributed by atoms with Crippen LogP contribution in [0.2, 0.25) is 0 Å². The first-order valence-electron chi connectivity index (χ1n) is 10.4. The maximum atomic E-state index is 9.38. The average Bonchev–Trinajstić information content (AvgIpc) is 3.40. The third-order valence-corrected chi connectivity index (χ3v) is 6.75. The Labute approximate surface area is 174 Å². The Balaban J connectivity index is 1.61. The number of anilines is 2. The number of fused-ring (bicyclic) bond motifs is 4. The van der Waals surface area contributed by atoms with E-state index < -0.39 is 5.60 Å². The van der Waals surface area contributed by atoms with Crippen LogP contribution < -0.4 is 10.6 Å². The predicted octanol–water partition coefficient (Wildman–Crippen LogP) is 2.81. The van der Waals surface area contributed by atoms with E-state index in [1.165, 1.54) is 12.8 Å². The molecule has 6 heterocycles. The molecule has 3 aromatic heterocycles. The number of pyridine rings is 2. The summed E-state index contributed by atoms with van der Waals surface area (Å²) in [4.78, 5) is 16.7. The topological polar surface area (TPSA) is 106 Å². The maximum absolute atomic E-state index is 9.38. The predicted molar refractivity (Wildman–Crippen MR) is 113 cm³/mol. The lowest BCUT2D eigenvalue weighted by Crippen LogP contribution is -2.33. The Kier molecular flexibility index (Phi) is 3.49. The molecule has 0 unspecified atom stereocenters. The van der Waals surface area contributed by atoms with Crippen LogP contribution in [0.1, 0.15) is 38.1 Å². The smallest absolute Gasteiger partial charge is 0.157 e. The zero-order valence-corrected chi connectivity index (χ0v) is 17.1. The van der Waals surface area contributed by atoms with Crippen LogP contribution >= 0.6 is 0 Å². The van der Waals surface area contributed by atoms with Crippen molar-refractivity contribution < 1.29 is 4.74 Å². The van der Waals surface area contributed by atoms with Gasteiger partial charge in [-0.3, -0.25) is 0 Å². The van der Waals surface area contributed by atoms with Crippen molar-refractivity contribution >= 4 is 22.7 Å². The van der Waals surface area contributed by atoms with Crippen molar-refractivity contribution in [1.82, 2.24) is 19.5 Å². The van der Waals surface area contributed by atoms with E-state index in [1.54, 1.807) is 12.3 Å². The number of nitrogens with two attached hydrogens (primary N) is 1. The standard InChI is InChI=1S/C22H23N7O/c1-22(2)21-27-18-17(28(21)3-4-30-22)8-16(14-7-13(9-23)19(24)25-10-14)26-20(18)29-11-12-5-15(29)6-12/h7-8,10,12,15H,3-6,11H2,1-2H3,(H2,24,25). The van der Waals surface area contributed by atoms with E-state index in [4.69, 9.17) is 20.4 Å². The molecule has 3 fully saturated rings. The van der Waals surface area contributed by atoms with Gasteiger partial charge < -0.3 is 19.9 Å². The second kappa shape index (κ2) is 5.92. The molecule has 0 atom stereocenters. The molecule has 152 valence electrons. The summed E-state index contributed by atoms with van der Waals surface area (Å²) in [5.74, 6) is 2.86. The van der Waals surface area contributed by atoms with E-state index in [2.05, 4.69) is 40.4 Å². The number of rotatable bonds is 2. The summed E-state index contributed by atoms with van der Waals surface area (Å²) in [7, 11) is 0. The molecule has 8 heteroatoms. The molecule has 7 rings (SSSR count). The highest BCUT2D eigenvalue weighted by Gasteiger charge is 2.44. The molecule has 0 spiro atoms. The third kappa shape index (κ3) is 2.39. The second-order valence-corrected chi connectivity index (χ2v) is 9.06. The summed E-state index contributed by atoms with van der Waals surface area (Å²) in [5, 5.41) is 9.38. The van der Waals surface area contributed by atoms with Crippen molar-refractivity contribution in [3.05, 3.63) is 29.7 Å². The van der Waals surface area contributed by atoms with Crippen molar-refractivity contribution in [2.75, 3.05) is 23.8 Å². The van der Waals surface area contributed by atoms with Gasteiger partial charge >= 0.3 is 0 Å². The van der Waals surface area contributed by atoms with Crippen molar-refractivity contribution in [1.29, 1.82) is 5.26 Å². The minimum atomic E-state index is -0.446. The fourth-order valence-electron chi connectivity index (χ4n) is 5.09. The van der Waals surface area contributed by atoms with Gasteiger partial charge in [0.05, 0.1) is 23.4 Å². The number of nitrogen functional groups attached to an aromatic ring is 1. The summed E-state index contributed by atoms with van der Waals surface area (Å²) >= 11 is 0. The number of ether oxygens (including phenoxy) is 1. The first-order valence-corrected chi connectivity index (χ1v) is 10.4. The SMILES string of the molecule is CC1(C)OCCn2c1nc1c(N3CC4CC3C4)nc(-c3cnc(N)c(C#N)c3)cc12. The van der Waals surface area contributed by atoms with Crippen molar-refractivity contribution in [2.45, 2.75) is 44.9 Å². The first kappa shape index (κ1) is 17.7. The number of hydrogen-bond donors (Lipinski definition) is 1. The fourth-order valence-corrected chi connectivity index (χ4v) is 5.09. The molecule has 0 amide bonds. The van der Waals surface area contributed by atoms with Gasteiger partial charge in [-0.2, -0.15) is 5.26 Å². The van der Waals surface area contributed by atoms with Crippen LogP contribution in [0.25, 0.3) is 22.3 Å². The summed E-state index contributed by atoms with van der Waals surface area (Å²) in [6, 6.07) is 6.50. The minimum absolute atomic E-state index is 0.239. The monoisotopic (exact) mass is 401 g/mol. The van der Waals surface area contributed by atoms with Crippen molar-refractivity contribution in [3.8, 4) is 17.3 Å². The molecule has 0 radical (unpaired) electrons. The van der Waals surface area contributed by atoms with Crippen LogP contribution in [-0.4, -0.2) is 38.7 Å². The maximum Gasteiger partial charge on any atom is 0.157 e. The summed E-state index contributed by atoms with van der Waals surface area (Å²) in [5.41, 5.74) is 9.32. The van der Waals surface area contributed by atoms with E-state index in [-0.39, 0.29) is 5.82 Å². The lowest BCUT2D eigenvalue weighted by atomic mass is 9.86. The summed E-state index contributed by atoms with van der Waals surface area (Å²) in [6.45, 7) is 6.56. The highest BCUT2D eigenvalue weighted by Crippen LogP contribution is 2.45. The van der Waals surface area contributed by atoms with Gasteiger partial charge in [0.25, 0.3) is 0 Å². The molecule has 2 N–H and O–H groups in total. The zero-order chi connectivity index (χ0) is 20.6. The van der Waals surface area contributed by atoms with E-state index in [9.17, 15) is 5.26 Å². The molecule has 8 nitrogen and oxygen atoms in total. The molecule has 1 saturated carbocycles. The summed E-state index contributed by atoms with van der Waals surface area (Å²) in [6.07, 6.45) is 4.16. The van der Waals surface area contributed by atoms with Crippen molar-refractivity contribution in [3.63, 3.8) is 0 Å². The minimum Gasteiger partial charge on any atom is -0.383 e. The van der Waals surface area contributed by atoms with Gasteiger partial charge in [-0.1, -0.05) is 0 Å². The number of nitrogens with zero attached hydrogens (tertiary/aromatic N) is 6. The number of aromatic nitrogens is 4. The van der Waals surface area contributed by atoms with Crippen LogP contribution in [0.5, 0.6) is 0 Å². The van der Waals surface area contributed by atoms with E-state index in [1.807, 2.05) is 0 Å². The molecule has 2 saturated heterocycles. The molecular formula is C22H23N7O. The fraction of sp³-hybridized carbons (Fsp3) is 0.455. The lowest BCUT2D eigenvalue weighted by Gasteiger charge is -2.30. The Hall–Kier alpha value is -3.18. The van der Waals surface area contributed by atoms with Crippen LogP contribution in [0.15, 0.2) is 18.3 Å². The van der Waals surface area contributed by atoms with Crippen LogP contribution in [0.4, 0.5) is 11.6 Å². The molecule has 4 aliphatic rings. The Morgan fingerprint density at radius 3 is 2.83 bits per heavy atom. The molecular weight excluding hydrogens is 378 g/mol. The number of hydrogen-bond acceptors (Lipinski definition) is 7. The molecule has 0 aromatic carbocycles. The quantitative estimate of drug-likeness (QED) is 0.704. The highest BCUT2D eigenvalue weighted by atomic mass is 16.5. The van der Waals surface area contributed by atoms with Gasteiger partial charge in [-0.05, 0) is 44.7 Å². The normalized spacial score (nSPS) is 23.8. The summed E-state index contributed by atoms with van der Waals surface area (Å²) < 4.78 is 8.25.